The van der Waals surface area contributed by atoms with Gasteiger partial charge in [-0.25, -0.2) is 8.42 Å². The number of carbonyl (C=O) groups excluding carboxylic acids is 1. The van der Waals surface area contributed by atoms with Gasteiger partial charge >= 0.3 is 0 Å². The standard InChI is InChI=1S/C21H29N3O3S/c1-2-3-7-14-28(26,27)16-21(25)23-19-8-9-20(24-12-5-4-6-13-24)17-10-11-22-15-18(17)19/h8-11,15H,2-7,12-14,16H2,1H3,(H,23,25). The van der Waals surface area contributed by atoms with E-state index in [1.54, 1.807) is 12.4 Å². The molecule has 1 aliphatic heterocycles. The fourth-order valence-electron chi connectivity index (χ4n) is 3.72. The minimum Gasteiger partial charge on any atom is -0.371 e. The lowest BCUT2D eigenvalue weighted by Crippen LogP contribution is -2.29. The van der Waals surface area contributed by atoms with Crippen molar-refractivity contribution in [2.24, 2.45) is 0 Å². The van der Waals surface area contributed by atoms with Crippen LogP contribution in [-0.2, 0) is 14.6 Å². The van der Waals surface area contributed by atoms with Crippen LogP contribution < -0.4 is 10.2 Å². The summed E-state index contributed by atoms with van der Waals surface area (Å²) in [5.41, 5.74) is 1.75. The molecule has 1 fully saturated rings. The van der Waals surface area contributed by atoms with Crippen LogP contribution in [-0.4, -0.2) is 43.9 Å². The van der Waals surface area contributed by atoms with Crippen LogP contribution in [0.15, 0.2) is 30.6 Å². The lowest BCUT2D eigenvalue weighted by atomic mass is 10.1. The van der Waals surface area contributed by atoms with Crippen LogP contribution >= 0.6 is 0 Å². The Morgan fingerprint density at radius 3 is 2.64 bits per heavy atom. The van der Waals surface area contributed by atoms with Crippen molar-refractivity contribution in [2.45, 2.75) is 45.4 Å². The maximum atomic E-state index is 12.4. The average molecular weight is 404 g/mol. The van der Waals surface area contributed by atoms with E-state index >= 15 is 0 Å². The monoisotopic (exact) mass is 403 g/mol. The number of nitrogens with zero attached hydrogens (tertiary/aromatic N) is 2. The van der Waals surface area contributed by atoms with Crippen LogP contribution in [0.2, 0.25) is 0 Å². The molecule has 0 aliphatic carbocycles. The van der Waals surface area contributed by atoms with E-state index in [2.05, 4.69) is 15.2 Å². The second kappa shape index (κ2) is 9.37. The highest BCUT2D eigenvalue weighted by molar-refractivity contribution is 7.92. The summed E-state index contributed by atoms with van der Waals surface area (Å²) in [6, 6.07) is 5.82. The number of hydrogen-bond donors (Lipinski definition) is 1. The lowest BCUT2D eigenvalue weighted by Gasteiger charge is -2.30. The Hall–Kier alpha value is -2.15. The summed E-state index contributed by atoms with van der Waals surface area (Å²) in [6.07, 6.45) is 9.51. The van der Waals surface area contributed by atoms with E-state index in [9.17, 15) is 13.2 Å². The zero-order chi connectivity index (χ0) is 20.0. The van der Waals surface area contributed by atoms with Gasteiger partial charge in [0, 0.05) is 41.9 Å². The number of carbonyl (C=O) groups is 1. The molecule has 0 bridgehead atoms. The smallest absolute Gasteiger partial charge is 0.239 e. The predicted molar refractivity (Wildman–Crippen MR) is 115 cm³/mol. The van der Waals surface area contributed by atoms with E-state index in [4.69, 9.17) is 0 Å². The van der Waals surface area contributed by atoms with Gasteiger partial charge in [0.25, 0.3) is 0 Å². The summed E-state index contributed by atoms with van der Waals surface area (Å²) in [5.74, 6) is -0.913. The first kappa shape index (κ1) is 20.6. The number of hydrogen-bond acceptors (Lipinski definition) is 5. The van der Waals surface area contributed by atoms with Gasteiger partial charge in [-0.1, -0.05) is 19.8 Å². The second-order valence-electron chi connectivity index (χ2n) is 7.45. The van der Waals surface area contributed by atoms with Gasteiger partial charge in [0.1, 0.15) is 5.75 Å². The third-order valence-electron chi connectivity index (χ3n) is 5.18. The van der Waals surface area contributed by atoms with Gasteiger partial charge in [-0.2, -0.15) is 0 Å². The van der Waals surface area contributed by atoms with Gasteiger partial charge in [-0.3, -0.25) is 9.78 Å². The van der Waals surface area contributed by atoms with Crippen molar-refractivity contribution in [3.05, 3.63) is 30.6 Å². The molecule has 1 N–H and O–H groups in total. The fourth-order valence-corrected chi connectivity index (χ4v) is 4.98. The SMILES string of the molecule is CCCCCS(=O)(=O)CC(=O)Nc1ccc(N2CCCCC2)c2ccncc12. The number of anilines is 2. The predicted octanol–water partition coefficient (Wildman–Crippen LogP) is 3.77. The zero-order valence-electron chi connectivity index (χ0n) is 16.5. The Bertz CT molecular complexity index is 922. The zero-order valence-corrected chi connectivity index (χ0v) is 17.3. The molecule has 1 saturated heterocycles. The minimum atomic E-state index is -3.39. The third-order valence-corrected chi connectivity index (χ3v) is 6.79. The Morgan fingerprint density at radius 2 is 1.89 bits per heavy atom. The minimum absolute atomic E-state index is 0.0600. The molecule has 0 saturated carbocycles. The number of piperidine rings is 1. The molecule has 0 radical (unpaired) electrons. The summed E-state index contributed by atoms with van der Waals surface area (Å²) in [6.45, 7) is 4.07. The van der Waals surface area contributed by atoms with Crippen LogP contribution in [0.4, 0.5) is 11.4 Å². The first-order chi connectivity index (χ1) is 13.5. The molecule has 0 unspecified atom stereocenters. The Morgan fingerprint density at radius 1 is 1.11 bits per heavy atom. The van der Waals surface area contributed by atoms with E-state index in [-0.39, 0.29) is 5.75 Å². The van der Waals surface area contributed by atoms with E-state index in [1.165, 1.54) is 19.3 Å². The summed E-state index contributed by atoms with van der Waals surface area (Å²) in [4.78, 5) is 18.9. The molecule has 3 rings (SSSR count). The average Bonchev–Trinajstić information content (AvgIpc) is 2.68. The van der Waals surface area contributed by atoms with Crippen molar-refractivity contribution in [3.63, 3.8) is 0 Å². The maximum Gasteiger partial charge on any atom is 0.239 e. The summed E-state index contributed by atoms with van der Waals surface area (Å²) < 4.78 is 24.3. The van der Waals surface area contributed by atoms with Gasteiger partial charge in [-0.05, 0) is 43.9 Å². The molecule has 2 heterocycles. The van der Waals surface area contributed by atoms with Crippen LogP contribution in [0.3, 0.4) is 0 Å². The van der Waals surface area contributed by atoms with Gasteiger partial charge in [0.15, 0.2) is 9.84 Å². The number of pyridine rings is 1. The molecule has 1 aromatic heterocycles. The molecule has 7 heteroatoms. The number of benzene rings is 1. The van der Waals surface area contributed by atoms with Crippen LogP contribution in [0.1, 0.15) is 45.4 Å². The van der Waals surface area contributed by atoms with Gasteiger partial charge in [0.2, 0.25) is 5.91 Å². The van der Waals surface area contributed by atoms with Crippen molar-refractivity contribution in [2.75, 3.05) is 34.8 Å². The number of amides is 1. The Labute approximate surface area is 167 Å². The molecule has 1 aromatic carbocycles. The van der Waals surface area contributed by atoms with E-state index < -0.39 is 21.5 Å². The van der Waals surface area contributed by atoms with E-state index in [1.807, 2.05) is 25.1 Å². The topological polar surface area (TPSA) is 79.4 Å². The van der Waals surface area contributed by atoms with Gasteiger partial charge < -0.3 is 10.2 Å². The highest BCUT2D eigenvalue weighted by Crippen LogP contribution is 2.33. The molecule has 28 heavy (non-hydrogen) atoms. The van der Waals surface area contributed by atoms with Crippen LogP contribution in [0.25, 0.3) is 10.8 Å². The Balaban J connectivity index is 1.77. The molecular weight excluding hydrogens is 374 g/mol. The molecule has 6 nitrogen and oxygen atoms in total. The highest BCUT2D eigenvalue weighted by atomic mass is 32.2. The van der Waals surface area contributed by atoms with Gasteiger partial charge in [0.05, 0.1) is 11.4 Å². The lowest BCUT2D eigenvalue weighted by molar-refractivity contribution is -0.113. The number of sulfone groups is 1. The molecule has 2 aromatic rings. The Kier molecular flexibility index (Phi) is 6.88. The molecule has 0 spiro atoms. The van der Waals surface area contributed by atoms with Crippen molar-refractivity contribution in [1.82, 2.24) is 4.98 Å². The van der Waals surface area contributed by atoms with E-state index in [0.717, 1.165) is 42.4 Å². The van der Waals surface area contributed by atoms with Crippen molar-refractivity contribution < 1.29 is 13.2 Å². The molecular formula is C21H29N3O3S. The summed E-state index contributed by atoms with van der Waals surface area (Å²) in [5, 5.41) is 4.65. The second-order valence-corrected chi connectivity index (χ2v) is 9.63. The molecule has 0 atom stereocenters. The fraction of sp³-hybridized carbons (Fsp3) is 0.524. The number of unbranched alkanes of at least 4 members (excludes halogenated alkanes) is 2. The number of aromatic nitrogens is 1. The van der Waals surface area contributed by atoms with E-state index in [0.29, 0.717) is 12.1 Å². The summed E-state index contributed by atoms with van der Waals surface area (Å²) in [7, 11) is -3.39. The van der Waals surface area contributed by atoms with Crippen molar-refractivity contribution in [3.8, 4) is 0 Å². The van der Waals surface area contributed by atoms with Crippen molar-refractivity contribution >= 4 is 37.9 Å². The number of rotatable bonds is 8. The van der Waals surface area contributed by atoms with Gasteiger partial charge in [-0.15, -0.1) is 0 Å². The molecule has 152 valence electrons. The van der Waals surface area contributed by atoms with Crippen molar-refractivity contribution in [1.29, 1.82) is 0 Å². The maximum absolute atomic E-state index is 12.4. The highest BCUT2D eigenvalue weighted by Gasteiger charge is 2.19. The summed E-state index contributed by atoms with van der Waals surface area (Å²) >= 11 is 0. The number of nitrogens with one attached hydrogen (secondary N) is 1. The molecule has 1 aliphatic rings. The first-order valence-electron chi connectivity index (χ1n) is 10.1. The number of fused-ring (bicyclic) bond motifs is 1. The van der Waals surface area contributed by atoms with Crippen LogP contribution in [0.5, 0.6) is 0 Å². The first-order valence-corrected chi connectivity index (χ1v) is 11.9. The molecule has 1 amide bonds. The largest absolute Gasteiger partial charge is 0.371 e. The third kappa shape index (κ3) is 5.22. The van der Waals surface area contributed by atoms with Crippen LogP contribution in [0, 0.1) is 0 Å². The normalized spacial score (nSPS) is 15.0. The quantitative estimate of drug-likeness (QED) is 0.679.